The molecule has 3 nitrogen and oxygen atoms in total. The SMILES string of the molecule is CCCNC(C1=CCCCO1)C1CCOc2ccccc21. The fourth-order valence-electron chi connectivity index (χ4n) is 3.25. The molecule has 0 aromatic heterocycles. The average molecular weight is 287 g/mol. The average Bonchev–Trinajstić information content (AvgIpc) is 2.56. The van der Waals surface area contributed by atoms with Crippen molar-refractivity contribution in [3.63, 3.8) is 0 Å². The van der Waals surface area contributed by atoms with Crippen molar-refractivity contribution in [1.82, 2.24) is 5.32 Å². The third-order valence-corrected chi connectivity index (χ3v) is 4.29. The Balaban J connectivity index is 1.87. The highest BCUT2D eigenvalue weighted by atomic mass is 16.5. The minimum Gasteiger partial charge on any atom is -0.497 e. The fraction of sp³-hybridized carbons (Fsp3) is 0.556. The van der Waals surface area contributed by atoms with Crippen molar-refractivity contribution in [3.8, 4) is 5.75 Å². The van der Waals surface area contributed by atoms with Crippen LogP contribution in [0.1, 0.15) is 44.1 Å². The third-order valence-electron chi connectivity index (χ3n) is 4.29. The molecule has 114 valence electrons. The number of nitrogens with one attached hydrogen (secondary N) is 1. The molecule has 2 heterocycles. The first-order valence-corrected chi connectivity index (χ1v) is 8.18. The van der Waals surface area contributed by atoms with E-state index in [1.54, 1.807) is 0 Å². The van der Waals surface area contributed by atoms with Crippen molar-refractivity contribution in [1.29, 1.82) is 0 Å². The van der Waals surface area contributed by atoms with Crippen LogP contribution in [0.25, 0.3) is 0 Å². The highest BCUT2D eigenvalue weighted by Gasteiger charge is 2.32. The van der Waals surface area contributed by atoms with Gasteiger partial charge in [0.15, 0.2) is 0 Å². The fourth-order valence-corrected chi connectivity index (χ4v) is 3.25. The van der Waals surface area contributed by atoms with Gasteiger partial charge in [0.1, 0.15) is 11.5 Å². The van der Waals surface area contributed by atoms with Crippen LogP contribution in [-0.2, 0) is 4.74 Å². The van der Waals surface area contributed by atoms with Crippen LogP contribution in [0.15, 0.2) is 36.1 Å². The van der Waals surface area contributed by atoms with Crippen LogP contribution >= 0.6 is 0 Å². The van der Waals surface area contributed by atoms with Crippen molar-refractivity contribution in [2.24, 2.45) is 0 Å². The van der Waals surface area contributed by atoms with Gasteiger partial charge < -0.3 is 14.8 Å². The van der Waals surface area contributed by atoms with E-state index in [4.69, 9.17) is 9.47 Å². The van der Waals surface area contributed by atoms with Gasteiger partial charge in [0.2, 0.25) is 0 Å². The van der Waals surface area contributed by atoms with Crippen molar-refractivity contribution < 1.29 is 9.47 Å². The molecule has 3 rings (SSSR count). The summed E-state index contributed by atoms with van der Waals surface area (Å²) in [6, 6.07) is 8.70. The predicted octanol–water partition coefficient (Wildman–Crippen LogP) is 3.62. The Morgan fingerprint density at radius 2 is 2.14 bits per heavy atom. The minimum absolute atomic E-state index is 0.273. The van der Waals surface area contributed by atoms with Crippen LogP contribution < -0.4 is 10.1 Å². The molecule has 3 heteroatoms. The van der Waals surface area contributed by atoms with E-state index >= 15 is 0 Å². The molecular weight excluding hydrogens is 262 g/mol. The zero-order valence-electron chi connectivity index (χ0n) is 12.8. The number of ether oxygens (including phenoxy) is 2. The van der Waals surface area contributed by atoms with Crippen LogP contribution in [-0.4, -0.2) is 25.8 Å². The van der Waals surface area contributed by atoms with Gasteiger partial charge >= 0.3 is 0 Å². The Labute approximate surface area is 127 Å². The molecule has 0 saturated heterocycles. The Bertz CT molecular complexity index is 498. The van der Waals surface area contributed by atoms with Crippen LogP contribution in [0.5, 0.6) is 5.75 Å². The molecule has 1 N–H and O–H groups in total. The lowest BCUT2D eigenvalue weighted by Crippen LogP contribution is -2.40. The third kappa shape index (κ3) is 3.24. The van der Waals surface area contributed by atoms with Gasteiger partial charge in [-0.1, -0.05) is 25.1 Å². The van der Waals surface area contributed by atoms with E-state index in [-0.39, 0.29) is 6.04 Å². The van der Waals surface area contributed by atoms with Gasteiger partial charge in [-0.15, -0.1) is 0 Å². The summed E-state index contributed by atoms with van der Waals surface area (Å²) in [4.78, 5) is 0. The zero-order chi connectivity index (χ0) is 14.5. The minimum atomic E-state index is 0.273. The van der Waals surface area contributed by atoms with E-state index in [1.807, 2.05) is 6.07 Å². The molecule has 1 aromatic rings. The first-order chi connectivity index (χ1) is 10.4. The number of hydrogen-bond donors (Lipinski definition) is 1. The van der Waals surface area contributed by atoms with Crippen molar-refractivity contribution >= 4 is 0 Å². The second-order valence-corrected chi connectivity index (χ2v) is 5.81. The Kier molecular flexibility index (Phi) is 4.81. The summed E-state index contributed by atoms with van der Waals surface area (Å²) in [6.07, 6.45) is 6.71. The smallest absolute Gasteiger partial charge is 0.122 e. The molecule has 0 saturated carbocycles. The molecule has 2 unspecified atom stereocenters. The van der Waals surface area contributed by atoms with Crippen molar-refractivity contribution in [2.45, 2.75) is 44.6 Å². The molecular formula is C18H25NO2. The molecule has 0 aliphatic carbocycles. The molecule has 0 radical (unpaired) electrons. The van der Waals surface area contributed by atoms with Gasteiger partial charge in [0, 0.05) is 5.92 Å². The lowest BCUT2D eigenvalue weighted by molar-refractivity contribution is 0.150. The van der Waals surface area contributed by atoms with E-state index in [2.05, 4.69) is 36.5 Å². The maximum atomic E-state index is 5.96. The zero-order valence-corrected chi connectivity index (χ0v) is 12.8. The molecule has 2 aliphatic rings. The molecule has 21 heavy (non-hydrogen) atoms. The Morgan fingerprint density at radius 1 is 1.24 bits per heavy atom. The Morgan fingerprint density at radius 3 is 2.95 bits per heavy atom. The molecule has 0 amide bonds. The normalized spacial score (nSPS) is 22.5. The van der Waals surface area contributed by atoms with Gasteiger partial charge in [-0.3, -0.25) is 0 Å². The van der Waals surface area contributed by atoms with Crippen LogP contribution in [0.2, 0.25) is 0 Å². The topological polar surface area (TPSA) is 30.5 Å². The summed E-state index contributed by atoms with van der Waals surface area (Å²) >= 11 is 0. The van der Waals surface area contributed by atoms with Gasteiger partial charge in [-0.05, 0) is 49.9 Å². The molecule has 2 atom stereocenters. The molecule has 1 aromatic carbocycles. The number of fused-ring (bicyclic) bond motifs is 1. The number of para-hydroxylation sites is 1. The van der Waals surface area contributed by atoms with Crippen molar-refractivity contribution in [3.05, 3.63) is 41.7 Å². The van der Waals surface area contributed by atoms with Gasteiger partial charge in [-0.25, -0.2) is 0 Å². The van der Waals surface area contributed by atoms with E-state index < -0.39 is 0 Å². The lowest BCUT2D eigenvalue weighted by Gasteiger charge is -2.35. The number of hydrogen-bond acceptors (Lipinski definition) is 3. The summed E-state index contributed by atoms with van der Waals surface area (Å²) < 4.78 is 11.8. The molecule has 2 aliphatic heterocycles. The van der Waals surface area contributed by atoms with Crippen LogP contribution in [0, 0.1) is 0 Å². The van der Waals surface area contributed by atoms with Crippen LogP contribution in [0.4, 0.5) is 0 Å². The molecule has 0 fully saturated rings. The van der Waals surface area contributed by atoms with E-state index in [1.165, 1.54) is 5.56 Å². The second-order valence-electron chi connectivity index (χ2n) is 5.81. The lowest BCUT2D eigenvalue weighted by atomic mass is 9.85. The van der Waals surface area contributed by atoms with Gasteiger partial charge in [-0.2, -0.15) is 0 Å². The van der Waals surface area contributed by atoms with E-state index in [0.29, 0.717) is 5.92 Å². The highest BCUT2D eigenvalue weighted by Crippen LogP contribution is 2.38. The number of allylic oxidation sites excluding steroid dienone is 1. The summed E-state index contributed by atoms with van der Waals surface area (Å²) in [5.74, 6) is 2.61. The maximum Gasteiger partial charge on any atom is 0.122 e. The van der Waals surface area contributed by atoms with E-state index in [0.717, 1.165) is 57.0 Å². The van der Waals surface area contributed by atoms with Crippen molar-refractivity contribution in [2.75, 3.05) is 19.8 Å². The molecule has 0 bridgehead atoms. The standard InChI is InChI=1S/C18H25NO2/c1-2-11-19-18(17-9-5-6-12-20-17)15-10-13-21-16-8-4-3-7-14(15)16/h3-4,7-9,15,18-19H,2,5-6,10-13H2,1H3. The van der Waals surface area contributed by atoms with Gasteiger partial charge in [0.05, 0.1) is 19.3 Å². The first kappa shape index (κ1) is 14.5. The van der Waals surface area contributed by atoms with E-state index in [9.17, 15) is 0 Å². The monoisotopic (exact) mass is 287 g/mol. The quantitative estimate of drug-likeness (QED) is 0.897. The summed E-state index contributed by atoms with van der Waals surface area (Å²) in [5, 5.41) is 3.70. The highest BCUT2D eigenvalue weighted by molar-refractivity contribution is 5.40. The summed E-state index contributed by atoms with van der Waals surface area (Å²) in [6.45, 7) is 4.86. The predicted molar refractivity (Wildman–Crippen MR) is 84.6 cm³/mol. The first-order valence-electron chi connectivity index (χ1n) is 8.18. The number of rotatable bonds is 5. The van der Waals surface area contributed by atoms with Gasteiger partial charge in [0.25, 0.3) is 0 Å². The molecule has 0 spiro atoms. The summed E-state index contributed by atoms with van der Waals surface area (Å²) in [5.41, 5.74) is 1.31. The Hall–Kier alpha value is -1.48. The van der Waals surface area contributed by atoms with Crippen LogP contribution in [0.3, 0.4) is 0 Å². The number of benzene rings is 1. The summed E-state index contributed by atoms with van der Waals surface area (Å²) in [7, 11) is 0. The maximum absolute atomic E-state index is 5.96. The second kappa shape index (κ2) is 6.99. The largest absolute Gasteiger partial charge is 0.497 e.